The summed E-state index contributed by atoms with van der Waals surface area (Å²) in [5, 5.41) is 3.65. The number of methoxy groups -OCH3 is 2. The monoisotopic (exact) mass is 549 g/mol. The number of anilines is 4. The molecule has 1 aliphatic heterocycles. The van der Waals surface area contributed by atoms with Crippen LogP contribution in [0.4, 0.5) is 23.0 Å². The third-order valence-corrected chi connectivity index (χ3v) is 7.44. The van der Waals surface area contributed by atoms with Crippen LogP contribution in [0, 0.1) is 0 Å². The van der Waals surface area contributed by atoms with Crippen LogP contribution in [0.2, 0.25) is 0 Å². The first kappa shape index (κ1) is 25.4. The number of rotatable bonds is 8. The maximum absolute atomic E-state index is 13.5. The summed E-state index contributed by atoms with van der Waals surface area (Å²) in [7, 11) is -0.956. The Labute approximate surface area is 225 Å². The van der Waals surface area contributed by atoms with Gasteiger partial charge in [-0.2, -0.15) is 0 Å². The second-order valence-corrected chi connectivity index (χ2v) is 10.3. The van der Waals surface area contributed by atoms with Crippen LogP contribution in [0.15, 0.2) is 95.0 Å². The van der Waals surface area contributed by atoms with E-state index in [1.807, 2.05) is 24.3 Å². The molecule has 0 saturated carbocycles. The lowest BCUT2D eigenvalue weighted by molar-refractivity contribution is 0.395. The van der Waals surface area contributed by atoms with Crippen LogP contribution in [-0.4, -0.2) is 39.2 Å². The van der Waals surface area contributed by atoms with Crippen LogP contribution in [0.5, 0.6) is 11.5 Å². The summed E-state index contributed by atoms with van der Waals surface area (Å²) >= 11 is 6.34. The van der Waals surface area contributed by atoms with Crippen LogP contribution in [0.1, 0.15) is 0 Å². The van der Waals surface area contributed by atoms with Gasteiger partial charge in [0, 0.05) is 36.1 Å². The standard InChI is InChI=1S/C27H24ClN5O4S/c1-36-20-14-18(15-21(17-20)37-2)29-26-27(31-24-11-4-3-10-23(24)30-26)32-38(34,35)22-9-7-8-19(16-22)33-13-6-5-12-25(33)28/h3-12,14-17H,13H2,1-2H3,(H,29,30)(H,31,32). The van der Waals surface area contributed by atoms with Gasteiger partial charge in [0.05, 0.1) is 30.1 Å². The van der Waals surface area contributed by atoms with Gasteiger partial charge in [-0.25, -0.2) is 18.4 Å². The van der Waals surface area contributed by atoms with Gasteiger partial charge < -0.3 is 19.7 Å². The molecule has 3 aromatic carbocycles. The Morgan fingerprint density at radius 2 is 1.58 bits per heavy atom. The minimum atomic E-state index is -4.05. The lowest BCUT2D eigenvalue weighted by Crippen LogP contribution is -2.22. The van der Waals surface area contributed by atoms with Crippen LogP contribution in [0.25, 0.3) is 11.0 Å². The van der Waals surface area contributed by atoms with Crippen molar-refractivity contribution in [3.8, 4) is 11.5 Å². The van der Waals surface area contributed by atoms with Gasteiger partial charge in [0.2, 0.25) is 0 Å². The summed E-state index contributed by atoms with van der Waals surface area (Å²) in [4.78, 5) is 11.1. The summed E-state index contributed by atoms with van der Waals surface area (Å²) in [6, 6.07) is 19.0. The molecule has 0 radical (unpaired) electrons. The van der Waals surface area contributed by atoms with Crippen molar-refractivity contribution in [1.29, 1.82) is 0 Å². The highest BCUT2D eigenvalue weighted by atomic mass is 35.5. The zero-order valence-electron chi connectivity index (χ0n) is 20.6. The highest BCUT2D eigenvalue weighted by Gasteiger charge is 2.21. The Balaban J connectivity index is 1.53. The number of ether oxygens (including phenoxy) is 2. The molecule has 4 aromatic rings. The van der Waals surface area contributed by atoms with E-state index in [9.17, 15) is 8.42 Å². The lowest BCUT2D eigenvalue weighted by Gasteiger charge is -2.24. The molecule has 0 bridgehead atoms. The highest BCUT2D eigenvalue weighted by Crippen LogP contribution is 2.32. The van der Waals surface area contributed by atoms with Gasteiger partial charge in [-0.15, -0.1) is 0 Å². The minimum absolute atomic E-state index is 0.0368. The van der Waals surface area contributed by atoms with Crippen molar-refractivity contribution < 1.29 is 17.9 Å². The maximum Gasteiger partial charge on any atom is 0.263 e. The highest BCUT2D eigenvalue weighted by molar-refractivity contribution is 7.92. The van der Waals surface area contributed by atoms with Gasteiger partial charge >= 0.3 is 0 Å². The molecule has 0 saturated heterocycles. The van der Waals surface area contributed by atoms with E-state index in [4.69, 9.17) is 21.1 Å². The average Bonchev–Trinajstić information content (AvgIpc) is 2.93. The molecular weight excluding hydrogens is 526 g/mol. The Hall–Kier alpha value is -4.28. The number of allylic oxidation sites excluding steroid dienone is 2. The fourth-order valence-corrected chi connectivity index (χ4v) is 5.19. The zero-order chi connectivity index (χ0) is 26.7. The molecule has 0 aliphatic carbocycles. The Bertz CT molecular complexity index is 1650. The molecule has 0 amide bonds. The number of fused-ring (bicyclic) bond motifs is 1. The summed E-state index contributed by atoms with van der Waals surface area (Å²) in [5.41, 5.74) is 2.34. The second kappa shape index (κ2) is 10.6. The summed E-state index contributed by atoms with van der Waals surface area (Å²) in [6.45, 7) is 0.528. The number of hydrogen-bond acceptors (Lipinski definition) is 8. The Morgan fingerprint density at radius 3 is 2.24 bits per heavy atom. The van der Waals surface area contributed by atoms with Crippen LogP contribution < -0.4 is 24.4 Å². The van der Waals surface area contributed by atoms with E-state index in [0.717, 1.165) is 0 Å². The quantitative estimate of drug-likeness (QED) is 0.272. The summed E-state index contributed by atoms with van der Waals surface area (Å²) in [6.07, 6.45) is 5.54. The van der Waals surface area contributed by atoms with E-state index in [1.165, 1.54) is 6.07 Å². The van der Waals surface area contributed by atoms with E-state index in [-0.39, 0.29) is 16.5 Å². The predicted molar refractivity (Wildman–Crippen MR) is 150 cm³/mol. The van der Waals surface area contributed by atoms with Gasteiger partial charge in [-0.3, -0.25) is 4.72 Å². The molecule has 2 N–H and O–H groups in total. The number of nitrogens with one attached hydrogen (secondary N) is 2. The molecule has 1 aromatic heterocycles. The smallest absolute Gasteiger partial charge is 0.263 e. The first-order valence-corrected chi connectivity index (χ1v) is 13.4. The Morgan fingerprint density at radius 1 is 0.895 bits per heavy atom. The topological polar surface area (TPSA) is 106 Å². The number of hydrogen-bond donors (Lipinski definition) is 2. The van der Waals surface area contributed by atoms with Crippen molar-refractivity contribution in [2.45, 2.75) is 4.90 Å². The molecule has 11 heteroatoms. The van der Waals surface area contributed by atoms with Crippen molar-refractivity contribution in [1.82, 2.24) is 9.97 Å². The van der Waals surface area contributed by atoms with Crippen LogP contribution in [0.3, 0.4) is 0 Å². The number of nitrogens with zero attached hydrogens (tertiary/aromatic N) is 3. The Kier molecular flexibility index (Phi) is 7.08. The van der Waals surface area contributed by atoms with Crippen molar-refractivity contribution in [2.75, 3.05) is 35.7 Å². The first-order valence-electron chi connectivity index (χ1n) is 11.6. The number of halogens is 1. The van der Waals surface area contributed by atoms with Gasteiger partial charge in [-0.05, 0) is 36.4 Å². The SMILES string of the molecule is COc1cc(Nc2nc3ccccc3nc2NS(=O)(=O)c2cccc(N3CC=CC=C3Cl)c2)cc(OC)c1. The zero-order valence-corrected chi connectivity index (χ0v) is 22.1. The van der Waals surface area contributed by atoms with Crippen molar-refractivity contribution in [2.24, 2.45) is 0 Å². The second-order valence-electron chi connectivity index (χ2n) is 8.27. The molecule has 0 fully saturated rings. The molecule has 9 nitrogen and oxygen atoms in total. The molecule has 5 rings (SSSR count). The molecule has 0 unspecified atom stereocenters. The van der Waals surface area contributed by atoms with E-state index in [1.54, 1.807) is 73.7 Å². The average molecular weight is 550 g/mol. The number of para-hydroxylation sites is 2. The third-order valence-electron chi connectivity index (χ3n) is 5.77. The fourth-order valence-electron chi connectivity index (χ4n) is 3.90. The summed E-state index contributed by atoms with van der Waals surface area (Å²) in [5.74, 6) is 1.36. The molecular formula is C27H24ClN5O4S. The van der Waals surface area contributed by atoms with E-state index in [0.29, 0.717) is 45.6 Å². The molecule has 194 valence electrons. The molecule has 38 heavy (non-hydrogen) atoms. The number of aromatic nitrogens is 2. The van der Waals surface area contributed by atoms with Crippen molar-refractivity contribution in [3.63, 3.8) is 0 Å². The number of benzene rings is 3. The molecule has 1 aliphatic rings. The van der Waals surface area contributed by atoms with Gasteiger partial charge in [-0.1, -0.05) is 42.0 Å². The molecule has 2 heterocycles. The summed E-state index contributed by atoms with van der Waals surface area (Å²) < 4.78 is 40.4. The lowest BCUT2D eigenvalue weighted by atomic mass is 10.2. The van der Waals surface area contributed by atoms with E-state index < -0.39 is 10.0 Å². The van der Waals surface area contributed by atoms with E-state index in [2.05, 4.69) is 20.0 Å². The minimum Gasteiger partial charge on any atom is -0.497 e. The van der Waals surface area contributed by atoms with Crippen LogP contribution in [-0.2, 0) is 10.0 Å². The maximum atomic E-state index is 13.5. The molecule has 0 atom stereocenters. The van der Waals surface area contributed by atoms with Crippen molar-refractivity contribution in [3.05, 3.63) is 90.1 Å². The fraction of sp³-hybridized carbons (Fsp3) is 0.111. The van der Waals surface area contributed by atoms with E-state index >= 15 is 0 Å². The third kappa shape index (κ3) is 5.36. The van der Waals surface area contributed by atoms with Gasteiger partial charge in [0.1, 0.15) is 16.7 Å². The molecule has 0 spiro atoms. The first-order chi connectivity index (χ1) is 18.4. The van der Waals surface area contributed by atoms with Gasteiger partial charge in [0.15, 0.2) is 11.6 Å². The predicted octanol–water partition coefficient (Wildman–Crippen LogP) is 5.65. The van der Waals surface area contributed by atoms with Gasteiger partial charge in [0.25, 0.3) is 10.0 Å². The largest absolute Gasteiger partial charge is 0.497 e. The number of sulfonamides is 1. The van der Waals surface area contributed by atoms with Crippen LogP contribution >= 0.6 is 11.6 Å². The normalized spacial score (nSPS) is 13.2. The van der Waals surface area contributed by atoms with Crippen molar-refractivity contribution >= 4 is 55.7 Å².